The molecule has 0 atom stereocenters. The van der Waals surface area contributed by atoms with Gasteiger partial charge in [-0.2, -0.15) is 13.5 Å². The summed E-state index contributed by atoms with van der Waals surface area (Å²) in [4.78, 5) is 0. The average molecular weight is 378 g/mol. The summed E-state index contributed by atoms with van der Waals surface area (Å²) < 4.78 is 37.5. The van der Waals surface area contributed by atoms with E-state index in [1.165, 1.54) is 0 Å². The first-order valence-corrected chi connectivity index (χ1v) is 9.85. The van der Waals surface area contributed by atoms with Crippen molar-refractivity contribution in [1.82, 2.24) is 0 Å². The first-order valence-electron chi connectivity index (χ1n) is 8.24. The number of benzene rings is 1. The lowest BCUT2D eigenvalue weighted by Crippen LogP contribution is -2.33. The minimum atomic E-state index is -3.88. The van der Waals surface area contributed by atoms with E-state index in [9.17, 15) is 8.42 Å². The second-order valence-electron chi connectivity index (χ2n) is 5.81. The molecular formula is C18H24N3O4S+. The van der Waals surface area contributed by atoms with E-state index in [0.29, 0.717) is 19.4 Å². The van der Waals surface area contributed by atoms with Crippen molar-refractivity contribution in [2.75, 3.05) is 24.9 Å². The van der Waals surface area contributed by atoms with Crippen LogP contribution >= 0.6 is 0 Å². The molecule has 2 rings (SSSR count). The topological polar surface area (TPSA) is 83.1 Å². The fourth-order valence-corrected chi connectivity index (χ4v) is 3.02. The molecule has 2 aromatic rings. The number of hydrazone groups is 1. The first-order chi connectivity index (χ1) is 12.4. The number of anilines is 1. The second kappa shape index (κ2) is 9.30. The molecule has 0 saturated heterocycles. The van der Waals surface area contributed by atoms with Crippen LogP contribution in [0.2, 0.25) is 0 Å². The number of unbranched alkanes of at least 4 members (excludes halogenated alkanes) is 1. The highest BCUT2D eigenvalue weighted by atomic mass is 32.2. The standard InChI is InChI=1S/C18H23N3O4S/c1-20(17-9-3-4-10-18(17)25-2)19-14-16-8-7-12-21(15-16)11-5-6-13-26(22,23)24/h3-4,7-10,12,14-15H,5-6,11,13H2,1-2H3/p+1/b19-14+. The van der Waals surface area contributed by atoms with E-state index in [1.807, 2.05) is 60.4 Å². The van der Waals surface area contributed by atoms with Gasteiger partial charge in [-0.3, -0.25) is 9.56 Å². The first kappa shape index (κ1) is 19.9. The van der Waals surface area contributed by atoms with Crippen LogP contribution in [0, 0.1) is 0 Å². The molecule has 140 valence electrons. The van der Waals surface area contributed by atoms with E-state index < -0.39 is 10.1 Å². The van der Waals surface area contributed by atoms with Gasteiger partial charge in [-0.1, -0.05) is 12.1 Å². The van der Waals surface area contributed by atoms with Crippen molar-refractivity contribution in [3.05, 3.63) is 54.4 Å². The quantitative estimate of drug-likeness (QED) is 0.238. The summed E-state index contributed by atoms with van der Waals surface area (Å²) in [5.74, 6) is 0.535. The Bertz CT molecular complexity index is 853. The molecule has 0 amide bonds. The Morgan fingerprint density at radius 3 is 2.73 bits per heavy atom. The Kier molecular flexibility index (Phi) is 7.11. The van der Waals surface area contributed by atoms with Gasteiger partial charge in [0.15, 0.2) is 12.4 Å². The zero-order valence-corrected chi connectivity index (χ0v) is 15.8. The van der Waals surface area contributed by atoms with Crippen molar-refractivity contribution in [3.63, 3.8) is 0 Å². The van der Waals surface area contributed by atoms with Gasteiger partial charge < -0.3 is 4.74 Å². The van der Waals surface area contributed by atoms with E-state index in [-0.39, 0.29) is 5.75 Å². The van der Waals surface area contributed by atoms with E-state index in [1.54, 1.807) is 18.3 Å². The molecular weight excluding hydrogens is 354 g/mol. The van der Waals surface area contributed by atoms with Gasteiger partial charge in [-0.25, -0.2) is 4.57 Å². The average Bonchev–Trinajstić information content (AvgIpc) is 2.63. The summed E-state index contributed by atoms with van der Waals surface area (Å²) in [5, 5.41) is 6.18. The summed E-state index contributed by atoms with van der Waals surface area (Å²) in [6.07, 6.45) is 6.68. The predicted molar refractivity (Wildman–Crippen MR) is 101 cm³/mol. The lowest BCUT2D eigenvalue weighted by molar-refractivity contribution is -0.697. The van der Waals surface area contributed by atoms with Gasteiger partial charge in [0.25, 0.3) is 10.1 Å². The molecule has 0 spiro atoms. The minimum Gasteiger partial charge on any atom is -0.495 e. The highest BCUT2D eigenvalue weighted by molar-refractivity contribution is 7.85. The van der Waals surface area contributed by atoms with Crippen molar-refractivity contribution in [3.8, 4) is 5.75 Å². The molecule has 0 aliphatic heterocycles. The molecule has 0 radical (unpaired) electrons. The van der Waals surface area contributed by atoms with Crippen LogP contribution in [-0.2, 0) is 16.7 Å². The van der Waals surface area contributed by atoms with Crippen LogP contribution in [0.3, 0.4) is 0 Å². The highest BCUT2D eigenvalue weighted by Gasteiger charge is 2.08. The van der Waals surface area contributed by atoms with Gasteiger partial charge in [0.1, 0.15) is 18.0 Å². The van der Waals surface area contributed by atoms with Crippen LogP contribution in [0.15, 0.2) is 53.9 Å². The highest BCUT2D eigenvalue weighted by Crippen LogP contribution is 2.26. The molecule has 7 nitrogen and oxygen atoms in total. The van der Waals surface area contributed by atoms with E-state index in [0.717, 1.165) is 17.0 Å². The number of aromatic nitrogens is 1. The summed E-state index contributed by atoms with van der Waals surface area (Å²) in [6.45, 7) is 0.666. The Hall–Kier alpha value is -2.45. The largest absolute Gasteiger partial charge is 0.495 e. The second-order valence-corrected chi connectivity index (χ2v) is 7.38. The maximum atomic E-state index is 10.7. The molecule has 1 aromatic heterocycles. The van der Waals surface area contributed by atoms with Gasteiger partial charge in [0.05, 0.1) is 24.6 Å². The number of methoxy groups -OCH3 is 1. The number of nitrogens with zero attached hydrogens (tertiary/aromatic N) is 3. The van der Waals surface area contributed by atoms with Gasteiger partial charge >= 0.3 is 0 Å². The van der Waals surface area contributed by atoms with Crippen LogP contribution in [0.25, 0.3) is 0 Å². The van der Waals surface area contributed by atoms with E-state index in [2.05, 4.69) is 5.10 Å². The van der Waals surface area contributed by atoms with E-state index in [4.69, 9.17) is 9.29 Å². The zero-order chi connectivity index (χ0) is 19.0. The summed E-state index contributed by atoms with van der Waals surface area (Å²) >= 11 is 0. The Labute approximate surface area is 154 Å². The SMILES string of the molecule is COc1ccccc1N(C)/N=C/c1ccc[n+](CCCCS(=O)(=O)O)c1. The third-order valence-corrected chi connectivity index (χ3v) is 4.57. The smallest absolute Gasteiger partial charge is 0.264 e. The van der Waals surface area contributed by atoms with Gasteiger partial charge in [0.2, 0.25) is 0 Å². The lowest BCUT2D eigenvalue weighted by atomic mass is 10.3. The third-order valence-electron chi connectivity index (χ3n) is 3.76. The Morgan fingerprint density at radius 2 is 2.00 bits per heavy atom. The lowest BCUT2D eigenvalue weighted by Gasteiger charge is -2.15. The molecule has 1 heterocycles. The molecule has 0 bridgehead atoms. The molecule has 1 N–H and O–H groups in total. The molecule has 1 aromatic carbocycles. The molecule has 8 heteroatoms. The number of ether oxygens (including phenoxy) is 1. The molecule has 0 unspecified atom stereocenters. The van der Waals surface area contributed by atoms with Gasteiger partial charge in [0, 0.05) is 19.5 Å². The molecule has 0 saturated carbocycles. The van der Waals surface area contributed by atoms with Crippen molar-refractivity contribution in [2.45, 2.75) is 19.4 Å². The zero-order valence-electron chi connectivity index (χ0n) is 14.9. The minimum absolute atomic E-state index is 0.210. The predicted octanol–water partition coefficient (Wildman–Crippen LogP) is 2.12. The summed E-state index contributed by atoms with van der Waals surface area (Å²) in [7, 11) is -0.412. The van der Waals surface area contributed by atoms with Crippen molar-refractivity contribution in [1.29, 1.82) is 0 Å². The number of rotatable bonds is 9. The number of aryl methyl sites for hydroxylation is 1. The number of para-hydroxylation sites is 2. The monoisotopic (exact) mass is 378 g/mol. The molecule has 26 heavy (non-hydrogen) atoms. The maximum Gasteiger partial charge on any atom is 0.264 e. The van der Waals surface area contributed by atoms with E-state index >= 15 is 0 Å². The number of pyridine rings is 1. The third kappa shape index (κ3) is 6.45. The van der Waals surface area contributed by atoms with Gasteiger partial charge in [-0.15, -0.1) is 0 Å². The summed E-state index contributed by atoms with van der Waals surface area (Å²) in [5.41, 5.74) is 1.78. The van der Waals surface area contributed by atoms with Crippen LogP contribution in [0.4, 0.5) is 5.69 Å². The fourth-order valence-electron chi connectivity index (χ4n) is 2.45. The van der Waals surface area contributed by atoms with Crippen LogP contribution < -0.4 is 14.3 Å². The van der Waals surface area contributed by atoms with Gasteiger partial charge in [-0.05, 0) is 24.6 Å². The molecule has 0 aliphatic carbocycles. The van der Waals surface area contributed by atoms with Crippen molar-refractivity contribution in [2.24, 2.45) is 5.10 Å². The molecule has 0 fully saturated rings. The Morgan fingerprint density at radius 1 is 1.23 bits per heavy atom. The fraction of sp³-hybridized carbons (Fsp3) is 0.333. The van der Waals surface area contributed by atoms with Crippen LogP contribution in [0.1, 0.15) is 18.4 Å². The van der Waals surface area contributed by atoms with Crippen LogP contribution in [0.5, 0.6) is 5.75 Å². The summed E-state index contributed by atoms with van der Waals surface area (Å²) in [6, 6.07) is 11.5. The Balaban J connectivity index is 1.98. The van der Waals surface area contributed by atoms with Crippen molar-refractivity contribution < 1.29 is 22.3 Å². The van der Waals surface area contributed by atoms with Crippen molar-refractivity contribution >= 4 is 22.0 Å². The molecule has 0 aliphatic rings. The maximum absolute atomic E-state index is 10.7. The number of hydrogen-bond donors (Lipinski definition) is 1. The number of hydrogen-bond acceptors (Lipinski definition) is 5. The van der Waals surface area contributed by atoms with Crippen LogP contribution in [-0.4, -0.2) is 39.1 Å². The normalized spacial score (nSPS) is 11.7.